The number of hydrogen-bond acceptors (Lipinski definition) is 3. The van der Waals surface area contributed by atoms with Crippen molar-refractivity contribution in [2.75, 3.05) is 26.7 Å². The van der Waals surface area contributed by atoms with E-state index in [0.717, 1.165) is 25.6 Å². The summed E-state index contributed by atoms with van der Waals surface area (Å²) in [6.07, 6.45) is 8.85. The fourth-order valence-corrected chi connectivity index (χ4v) is 3.65. The van der Waals surface area contributed by atoms with Gasteiger partial charge in [0, 0.05) is 25.2 Å². The molecule has 1 aliphatic carbocycles. The van der Waals surface area contributed by atoms with Crippen LogP contribution in [0.15, 0.2) is 0 Å². The SMILES string of the molecule is CNC(CC1CCCCC1)C1CN(C(C)C)CCO1. The second-order valence-electron chi connectivity index (χ2n) is 6.63. The highest BCUT2D eigenvalue weighted by Gasteiger charge is 2.30. The van der Waals surface area contributed by atoms with Crippen LogP contribution >= 0.6 is 0 Å². The first-order chi connectivity index (χ1) is 9.20. The average molecular weight is 268 g/mol. The van der Waals surface area contributed by atoms with Gasteiger partial charge in [0.2, 0.25) is 0 Å². The molecule has 19 heavy (non-hydrogen) atoms. The van der Waals surface area contributed by atoms with Crippen LogP contribution < -0.4 is 5.32 Å². The van der Waals surface area contributed by atoms with E-state index in [1.807, 2.05) is 0 Å². The molecule has 3 nitrogen and oxygen atoms in total. The second-order valence-corrected chi connectivity index (χ2v) is 6.63. The van der Waals surface area contributed by atoms with E-state index in [-0.39, 0.29) is 0 Å². The van der Waals surface area contributed by atoms with Gasteiger partial charge in [-0.05, 0) is 33.2 Å². The van der Waals surface area contributed by atoms with Crippen molar-refractivity contribution in [1.29, 1.82) is 0 Å². The van der Waals surface area contributed by atoms with Crippen molar-refractivity contribution in [3.8, 4) is 0 Å². The Morgan fingerprint density at radius 2 is 1.95 bits per heavy atom. The van der Waals surface area contributed by atoms with Crippen molar-refractivity contribution in [2.45, 2.75) is 70.6 Å². The molecule has 1 aliphatic heterocycles. The Morgan fingerprint density at radius 3 is 2.58 bits per heavy atom. The topological polar surface area (TPSA) is 24.5 Å². The predicted octanol–water partition coefficient (Wildman–Crippen LogP) is 2.65. The number of rotatable bonds is 5. The minimum atomic E-state index is 0.378. The van der Waals surface area contributed by atoms with Gasteiger partial charge in [-0.2, -0.15) is 0 Å². The molecule has 0 aromatic heterocycles. The molecule has 1 saturated carbocycles. The van der Waals surface area contributed by atoms with Crippen LogP contribution in [0.1, 0.15) is 52.4 Å². The smallest absolute Gasteiger partial charge is 0.0855 e. The van der Waals surface area contributed by atoms with Crippen molar-refractivity contribution in [2.24, 2.45) is 5.92 Å². The molecule has 2 aliphatic rings. The zero-order chi connectivity index (χ0) is 13.7. The zero-order valence-corrected chi connectivity index (χ0v) is 13.0. The lowest BCUT2D eigenvalue weighted by molar-refractivity contribution is -0.0582. The maximum atomic E-state index is 6.05. The largest absolute Gasteiger partial charge is 0.374 e. The van der Waals surface area contributed by atoms with E-state index in [1.165, 1.54) is 38.5 Å². The number of nitrogens with zero attached hydrogens (tertiary/aromatic N) is 1. The van der Waals surface area contributed by atoms with Gasteiger partial charge in [0.15, 0.2) is 0 Å². The van der Waals surface area contributed by atoms with E-state index < -0.39 is 0 Å². The summed E-state index contributed by atoms with van der Waals surface area (Å²) in [6, 6.07) is 1.17. The lowest BCUT2D eigenvalue weighted by atomic mass is 9.83. The Bertz CT molecular complexity index is 251. The molecular formula is C16H32N2O. The number of likely N-dealkylation sites (N-methyl/N-ethyl adjacent to an activating group) is 1. The van der Waals surface area contributed by atoms with Crippen molar-refractivity contribution >= 4 is 0 Å². The molecule has 1 N–H and O–H groups in total. The van der Waals surface area contributed by atoms with E-state index >= 15 is 0 Å². The molecule has 2 atom stereocenters. The summed E-state index contributed by atoms with van der Waals surface area (Å²) in [5.41, 5.74) is 0. The fraction of sp³-hybridized carbons (Fsp3) is 1.00. The molecule has 0 radical (unpaired) electrons. The van der Waals surface area contributed by atoms with Crippen LogP contribution in [-0.4, -0.2) is 49.8 Å². The van der Waals surface area contributed by atoms with Gasteiger partial charge in [-0.3, -0.25) is 4.90 Å². The summed E-state index contributed by atoms with van der Waals surface area (Å²) in [6.45, 7) is 7.66. The van der Waals surface area contributed by atoms with Gasteiger partial charge in [0.1, 0.15) is 0 Å². The van der Waals surface area contributed by atoms with E-state index in [2.05, 4.69) is 31.1 Å². The van der Waals surface area contributed by atoms with Crippen molar-refractivity contribution in [3.63, 3.8) is 0 Å². The van der Waals surface area contributed by atoms with Gasteiger partial charge in [0.25, 0.3) is 0 Å². The minimum absolute atomic E-state index is 0.378. The van der Waals surface area contributed by atoms with Gasteiger partial charge in [-0.25, -0.2) is 0 Å². The molecule has 2 unspecified atom stereocenters. The molecule has 2 rings (SSSR count). The average Bonchev–Trinajstić information content (AvgIpc) is 2.46. The number of nitrogens with one attached hydrogen (secondary N) is 1. The third-order valence-electron chi connectivity index (χ3n) is 4.99. The minimum Gasteiger partial charge on any atom is -0.374 e. The quantitative estimate of drug-likeness (QED) is 0.829. The fourth-order valence-electron chi connectivity index (χ4n) is 3.65. The number of ether oxygens (including phenoxy) is 1. The van der Waals surface area contributed by atoms with Crippen LogP contribution in [0.5, 0.6) is 0 Å². The highest BCUT2D eigenvalue weighted by atomic mass is 16.5. The second kappa shape index (κ2) is 7.61. The molecule has 0 amide bonds. The monoisotopic (exact) mass is 268 g/mol. The molecule has 1 heterocycles. The summed E-state index contributed by atoms with van der Waals surface area (Å²) in [5, 5.41) is 3.53. The molecule has 0 bridgehead atoms. The molecule has 1 saturated heterocycles. The molecule has 0 aromatic carbocycles. The molecule has 3 heteroatoms. The molecular weight excluding hydrogens is 236 g/mol. The predicted molar refractivity (Wildman–Crippen MR) is 80.5 cm³/mol. The van der Waals surface area contributed by atoms with Crippen molar-refractivity contribution in [3.05, 3.63) is 0 Å². The number of hydrogen-bond donors (Lipinski definition) is 1. The van der Waals surface area contributed by atoms with E-state index in [1.54, 1.807) is 0 Å². The maximum Gasteiger partial charge on any atom is 0.0855 e. The first-order valence-electron chi connectivity index (χ1n) is 8.23. The Balaban J connectivity index is 1.85. The summed E-state index contributed by atoms with van der Waals surface area (Å²) >= 11 is 0. The third kappa shape index (κ3) is 4.44. The van der Waals surface area contributed by atoms with Crippen LogP contribution in [0.2, 0.25) is 0 Å². The summed E-state index contributed by atoms with van der Waals surface area (Å²) in [5.74, 6) is 0.921. The number of morpholine rings is 1. The van der Waals surface area contributed by atoms with Gasteiger partial charge in [0.05, 0.1) is 12.7 Å². The summed E-state index contributed by atoms with van der Waals surface area (Å²) in [7, 11) is 2.10. The lowest BCUT2D eigenvalue weighted by Crippen LogP contribution is -2.53. The maximum absolute atomic E-state index is 6.05. The molecule has 2 fully saturated rings. The van der Waals surface area contributed by atoms with Crippen LogP contribution in [0.25, 0.3) is 0 Å². The summed E-state index contributed by atoms with van der Waals surface area (Å²) < 4.78 is 6.05. The Morgan fingerprint density at radius 1 is 1.21 bits per heavy atom. The standard InChI is InChI=1S/C16H32N2O/c1-13(2)18-9-10-19-16(12-18)15(17-3)11-14-7-5-4-6-8-14/h13-17H,4-12H2,1-3H3. The van der Waals surface area contributed by atoms with Crippen LogP contribution in [0.4, 0.5) is 0 Å². The molecule has 0 spiro atoms. The van der Waals surface area contributed by atoms with E-state index in [4.69, 9.17) is 4.74 Å². The zero-order valence-electron chi connectivity index (χ0n) is 13.0. The van der Waals surface area contributed by atoms with E-state index in [0.29, 0.717) is 18.2 Å². The third-order valence-corrected chi connectivity index (χ3v) is 4.99. The summed E-state index contributed by atoms with van der Waals surface area (Å²) in [4.78, 5) is 2.55. The first kappa shape index (κ1) is 15.3. The Labute approximate surface area is 119 Å². The highest BCUT2D eigenvalue weighted by Crippen LogP contribution is 2.29. The Kier molecular flexibility index (Phi) is 6.11. The highest BCUT2D eigenvalue weighted by molar-refractivity contribution is 4.85. The van der Waals surface area contributed by atoms with Crippen LogP contribution in [-0.2, 0) is 4.74 Å². The Hall–Kier alpha value is -0.120. The van der Waals surface area contributed by atoms with E-state index in [9.17, 15) is 0 Å². The van der Waals surface area contributed by atoms with Gasteiger partial charge in [-0.15, -0.1) is 0 Å². The van der Waals surface area contributed by atoms with Gasteiger partial charge < -0.3 is 10.1 Å². The van der Waals surface area contributed by atoms with Crippen molar-refractivity contribution < 1.29 is 4.74 Å². The molecule has 112 valence electrons. The normalized spacial score (nSPS) is 28.7. The van der Waals surface area contributed by atoms with Crippen LogP contribution in [0, 0.1) is 5.92 Å². The lowest BCUT2D eigenvalue weighted by Gasteiger charge is -2.40. The van der Waals surface area contributed by atoms with Crippen molar-refractivity contribution in [1.82, 2.24) is 10.2 Å². The first-order valence-corrected chi connectivity index (χ1v) is 8.23. The molecule has 0 aromatic rings. The van der Waals surface area contributed by atoms with Gasteiger partial charge in [-0.1, -0.05) is 32.1 Å². The van der Waals surface area contributed by atoms with Gasteiger partial charge >= 0.3 is 0 Å². The van der Waals surface area contributed by atoms with Crippen LogP contribution in [0.3, 0.4) is 0 Å².